The summed E-state index contributed by atoms with van der Waals surface area (Å²) in [6.45, 7) is 5.57. The number of aliphatic hydroxyl groups excluding tert-OH is 1. The first-order chi connectivity index (χ1) is 8.72. The van der Waals surface area contributed by atoms with E-state index in [2.05, 4.69) is 10.4 Å². The molecule has 0 aromatic carbocycles. The monoisotopic (exact) mass is 253 g/mol. The summed E-state index contributed by atoms with van der Waals surface area (Å²) in [5, 5.41) is 15.9. The van der Waals surface area contributed by atoms with Gasteiger partial charge in [0.1, 0.15) is 5.69 Å². The van der Waals surface area contributed by atoms with E-state index in [9.17, 15) is 4.79 Å². The van der Waals surface area contributed by atoms with Crippen molar-refractivity contribution in [1.29, 1.82) is 0 Å². The molecule has 5 nitrogen and oxygen atoms in total. The molecule has 0 spiro atoms. The Bertz CT molecular complexity index is 374. The predicted molar refractivity (Wildman–Crippen MR) is 70.5 cm³/mol. The van der Waals surface area contributed by atoms with Gasteiger partial charge in [0, 0.05) is 19.7 Å². The molecule has 0 saturated carbocycles. The maximum absolute atomic E-state index is 12.0. The minimum absolute atomic E-state index is 0.0620. The van der Waals surface area contributed by atoms with Gasteiger partial charge < -0.3 is 10.4 Å². The molecule has 5 heteroatoms. The molecule has 0 unspecified atom stereocenters. The lowest BCUT2D eigenvalue weighted by Gasteiger charge is -2.06. The van der Waals surface area contributed by atoms with Crippen molar-refractivity contribution in [3.63, 3.8) is 0 Å². The number of rotatable bonds is 8. The molecule has 102 valence electrons. The van der Waals surface area contributed by atoms with Crippen LogP contribution in [0.1, 0.15) is 49.3 Å². The van der Waals surface area contributed by atoms with E-state index in [0.29, 0.717) is 18.8 Å². The third kappa shape index (κ3) is 4.14. The summed E-state index contributed by atoms with van der Waals surface area (Å²) in [6.07, 6.45) is 3.46. The SMILES string of the molecule is CCc1cc(C(=O)NCCCCCO)n(CC)n1. The Kier molecular flexibility index (Phi) is 6.43. The molecule has 0 fully saturated rings. The van der Waals surface area contributed by atoms with Crippen LogP contribution < -0.4 is 5.32 Å². The van der Waals surface area contributed by atoms with E-state index in [1.807, 2.05) is 19.9 Å². The quantitative estimate of drug-likeness (QED) is 0.687. The summed E-state index contributed by atoms with van der Waals surface area (Å²) in [7, 11) is 0. The third-order valence-corrected chi connectivity index (χ3v) is 2.85. The van der Waals surface area contributed by atoms with Crippen molar-refractivity contribution in [3.05, 3.63) is 17.5 Å². The van der Waals surface area contributed by atoms with Crippen molar-refractivity contribution >= 4 is 5.91 Å². The van der Waals surface area contributed by atoms with Crippen molar-refractivity contribution in [2.24, 2.45) is 0 Å². The Balaban J connectivity index is 2.47. The molecule has 0 aliphatic carbocycles. The second-order valence-corrected chi connectivity index (χ2v) is 4.23. The van der Waals surface area contributed by atoms with Crippen LogP contribution >= 0.6 is 0 Å². The highest BCUT2D eigenvalue weighted by Crippen LogP contribution is 2.05. The van der Waals surface area contributed by atoms with Crippen molar-refractivity contribution < 1.29 is 9.90 Å². The lowest BCUT2D eigenvalue weighted by molar-refractivity contribution is 0.0942. The van der Waals surface area contributed by atoms with Gasteiger partial charge in [-0.25, -0.2) is 0 Å². The van der Waals surface area contributed by atoms with Crippen LogP contribution in [-0.2, 0) is 13.0 Å². The molecule has 1 heterocycles. The van der Waals surface area contributed by atoms with Gasteiger partial charge >= 0.3 is 0 Å². The van der Waals surface area contributed by atoms with Gasteiger partial charge in [-0.1, -0.05) is 6.92 Å². The number of hydrogen-bond donors (Lipinski definition) is 2. The molecule has 0 saturated heterocycles. The van der Waals surface area contributed by atoms with E-state index in [-0.39, 0.29) is 12.5 Å². The maximum Gasteiger partial charge on any atom is 0.269 e. The second kappa shape index (κ2) is 7.87. The molecule has 1 amide bonds. The highest BCUT2D eigenvalue weighted by molar-refractivity contribution is 5.92. The standard InChI is InChI=1S/C13H23N3O2/c1-3-11-10-12(16(4-2)15-11)13(18)14-8-6-5-7-9-17/h10,17H,3-9H2,1-2H3,(H,14,18). The topological polar surface area (TPSA) is 67.2 Å². The minimum Gasteiger partial charge on any atom is -0.396 e. The number of carbonyl (C=O) groups excluding carboxylic acids is 1. The van der Waals surface area contributed by atoms with Crippen LogP contribution in [-0.4, -0.2) is 33.9 Å². The molecule has 0 atom stereocenters. The molecule has 18 heavy (non-hydrogen) atoms. The van der Waals surface area contributed by atoms with E-state index in [0.717, 1.165) is 31.4 Å². The van der Waals surface area contributed by atoms with E-state index in [4.69, 9.17) is 5.11 Å². The first kappa shape index (κ1) is 14.7. The largest absolute Gasteiger partial charge is 0.396 e. The fourth-order valence-electron chi connectivity index (χ4n) is 1.77. The molecular formula is C13H23N3O2. The zero-order chi connectivity index (χ0) is 13.4. The molecule has 2 N–H and O–H groups in total. The average Bonchev–Trinajstić information content (AvgIpc) is 2.81. The molecule has 1 aromatic rings. The first-order valence-electron chi connectivity index (χ1n) is 6.68. The van der Waals surface area contributed by atoms with Gasteiger partial charge in [-0.15, -0.1) is 0 Å². The van der Waals surface area contributed by atoms with Crippen LogP contribution in [0.3, 0.4) is 0 Å². The van der Waals surface area contributed by atoms with Crippen molar-refractivity contribution in [1.82, 2.24) is 15.1 Å². The first-order valence-corrected chi connectivity index (χ1v) is 6.68. The van der Waals surface area contributed by atoms with Crippen LogP contribution in [0.4, 0.5) is 0 Å². The number of aryl methyl sites for hydroxylation is 2. The molecular weight excluding hydrogens is 230 g/mol. The fraction of sp³-hybridized carbons (Fsp3) is 0.692. The van der Waals surface area contributed by atoms with Gasteiger partial charge in [0.15, 0.2) is 0 Å². The molecule has 0 aliphatic heterocycles. The number of nitrogens with zero attached hydrogens (tertiary/aromatic N) is 2. The summed E-state index contributed by atoms with van der Waals surface area (Å²) in [4.78, 5) is 12.0. The maximum atomic E-state index is 12.0. The summed E-state index contributed by atoms with van der Waals surface area (Å²) < 4.78 is 1.74. The summed E-state index contributed by atoms with van der Waals surface area (Å²) in [6, 6.07) is 1.85. The summed E-state index contributed by atoms with van der Waals surface area (Å²) >= 11 is 0. The molecule has 0 radical (unpaired) electrons. The zero-order valence-electron chi connectivity index (χ0n) is 11.3. The molecule has 0 aliphatic rings. The van der Waals surface area contributed by atoms with Crippen LogP contribution in [0.15, 0.2) is 6.07 Å². The number of amides is 1. The Labute approximate surface area is 108 Å². The number of carbonyl (C=O) groups is 1. The molecule has 1 aromatic heterocycles. The summed E-state index contributed by atoms with van der Waals surface area (Å²) in [5.74, 6) is -0.0620. The van der Waals surface area contributed by atoms with E-state index in [1.54, 1.807) is 4.68 Å². The van der Waals surface area contributed by atoms with Crippen LogP contribution in [0.25, 0.3) is 0 Å². The van der Waals surface area contributed by atoms with Gasteiger partial charge in [0.2, 0.25) is 0 Å². The lowest BCUT2D eigenvalue weighted by atomic mass is 10.2. The number of nitrogens with one attached hydrogen (secondary N) is 1. The highest BCUT2D eigenvalue weighted by Gasteiger charge is 2.12. The van der Waals surface area contributed by atoms with Gasteiger partial charge in [-0.05, 0) is 38.7 Å². The van der Waals surface area contributed by atoms with Crippen LogP contribution in [0, 0.1) is 0 Å². The van der Waals surface area contributed by atoms with E-state index < -0.39 is 0 Å². The average molecular weight is 253 g/mol. The van der Waals surface area contributed by atoms with E-state index >= 15 is 0 Å². The number of hydrogen-bond acceptors (Lipinski definition) is 3. The smallest absolute Gasteiger partial charge is 0.269 e. The van der Waals surface area contributed by atoms with Crippen LogP contribution in [0.2, 0.25) is 0 Å². The lowest BCUT2D eigenvalue weighted by Crippen LogP contribution is -2.27. The molecule has 1 rings (SSSR count). The van der Waals surface area contributed by atoms with Gasteiger partial charge in [-0.2, -0.15) is 5.10 Å². The number of unbranched alkanes of at least 4 members (excludes halogenated alkanes) is 2. The predicted octanol–water partition coefficient (Wildman–Crippen LogP) is 1.36. The Hall–Kier alpha value is -1.36. The number of aromatic nitrogens is 2. The van der Waals surface area contributed by atoms with Crippen molar-refractivity contribution in [2.75, 3.05) is 13.2 Å². The Morgan fingerprint density at radius 3 is 2.78 bits per heavy atom. The normalized spacial score (nSPS) is 10.6. The van der Waals surface area contributed by atoms with Crippen molar-refractivity contribution in [2.45, 2.75) is 46.1 Å². The number of aliphatic hydroxyl groups is 1. The molecule has 0 bridgehead atoms. The van der Waals surface area contributed by atoms with Gasteiger partial charge in [-0.3, -0.25) is 9.48 Å². The van der Waals surface area contributed by atoms with Crippen LogP contribution in [0.5, 0.6) is 0 Å². The zero-order valence-corrected chi connectivity index (χ0v) is 11.3. The minimum atomic E-state index is -0.0620. The second-order valence-electron chi connectivity index (χ2n) is 4.23. The Morgan fingerprint density at radius 2 is 2.17 bits per heavy atom. The highest BCUT2D eigenvalue weighted by atomic mass is 16.2. The van der Waals surface area contributed by atoms with Crippen molar-refractivity contribution in [3.8, 4) is 0 Å². The van der Waals surface area contributed by atoms with Gasteiger partial charge in [0.05, 0.1) is 5.69 Å². The fourth-order valence-corrected chi connectivity index (χ4v) is 1.77. The van der Waals surface area contributed by atoms with Gasteiger partial charge in [0.25, 0.3) is 5.91 Å². The Morgan fingerprint density at radius 1 is 1.39 bits per heavy atom. The third-order valence-electron chi connectivity index (χ3n) is 2.85. The summed E-state index contributed by atoms with van der Waals surface area (Å²) in [5.41, 5.74) is 1.58. The van der Waals surface area contributed by atoms with E-state index in [1.165, 1.54) is 0 Å².